The standard InChI is InChI=1S/C61H43N3/c1-61(2)54-24-12-9-20-47(54)48-34-32-45(39-55(48)61)62(44-33-37-58-53(38-44)50-22-11-14-26-57(50)63(58)41-16-5-3-6-17-41)43-30-28-40(29-31-43)46-35-36-52-49-21-10-13-25-56(49)64(42-18-7-4-8-19-42)59-27-15-23-51(46)60(52)59/h3-39H,1-2H3. The number of hydrogen-bond acceptors (Lipinski definition) is 2. The summed E-state index contributed by atoms with van der Waals surface area (Å²) < 4.78 is 2.39. The fraction of sp³-hybridized carbons (Fsp3) is 0.0492. The summed E-state index contributed by atoms with van der Waals surface area (Å²) in [4.78, 5) is 4.86. The van der Waals surface area contributed by atoms with E-state index in [4.69, 9.17) is 0 Å². The summed E-state index contributed by atoms with van der Waals surface area (Å²) in [6.45, 7) is 4.73. The van der Waals surface area contributed by atoms with Gasteiger partial charge in [-0.2, -0.15) is 0 Å². The number of aromatic nitrogens is 1. The molecule has 10 aromatic carbocycles. The smallest absolute Gasteiger partial charge is 0.0546 e. The van der Waals surface area contributed by atoms with Crippen molar-refractivity contribution in [3.63, 3.8) is 0 Å². The van der Waals surface area contributed by atoms with E-state index in [2.05, 4.69) is 253 Å². The van der Waals surface area contributed by atoms with Crippen molar-refractivity contribution in [3.8, 4) is 39.1 Å². The average molecular weight is 818 g/mol. The lowest BCUT2D eigenvalue weighted by molar-refractivity contribution is 0.660. The van der Waals surface area contributed by atoms with Crippen molar-refractivity contribution in [2.75, 3.05) is 9.80 Å². The van der Waals surface area contributed by atoms with Crippen molar-refractivity contribution in [2.45, 2.75) is 19.3 Å². The molecule has 0 fully saturated rings. The Labute approximate surface area is 373 Å². The number of para-hydroxylation sites is 4. The molecule has 0 spiro atoms. The Kier molecular flexibility index (Phi) is 7.95. The van der Waals surface area contributed by atoms with Crippen LogP contribution in [0.5, 0.6) is 0 Å². The molecule has 1 aliphatic heterocycles. The largest absolute Gasteiger partial charge is 0.310 e. The third-order valence-corrected chi connectivity index (χ3v) is 13.9. The summed E-state index contributed by atoms with van der Waals surface area (Å²) in [7, 11) is 0. The van der Waals surface area contributed by atoms with Crippen molar-refractivity contribution >= 4 is 66.7 Å². The maximum atomic E-state index is 2.45. The van der Waals surface area contributed by atoms with E-state index in [1.807, 2.05) is 0 Å². The second-order valence-electron chi connectivity index (χ2n) is 17.7. The molecule has 1 aliphatic carbocycles. The second kappa shape index (κ2) is 13.9. The van der Waals surface area contributed by atoms with Gasteiger partial charge in [-0.1, -0.05) is 153 Å². The van der Waals surface area contributed by atoms with Crippen LogP contribution in [0.15, 0.2) is 224 Å². The summed E-state index contributed by atoms with van der Waals surface area (Å²) in [6.07, 6.45) is 0. The first-order valence-electron chi connectivity index (χ1n) is 22.3. The first-order valence-corrected chi connectivity index (χ1v) is 22.3. The Balaban J connectivity index is 0.978. The molecule has 13 rings (SSSR count). The number of rotatable bonds is 6. The van der Waals surface area contributed by atoms with E-state index in [1.165, 1.54) is 88.5 Å². The molecule has 3 heteroatoms. The van der Waals surface area contributed by atoms with Crippen LogP contribution in [-0.4, -0.2) is 4.57 Å². The van der Waals surface area contributed by atoms with Crippen molar-refractivity contribution in [1.82, 2.24) is 4.57 Å². The molecule has 0 N–H and O–H groups in total. The Morgan fingerprint density at radius 2 is 0.938 bits per heavy atom. The van der Waals surface area contributed by atoms with Crippen LogP contribution in [0.25, 0.3) is 71.6 Å². The highest BCUT2D eigenvalue weighted by molar-refractivity contribution is 6.17. The van der Waals surface area contributed by atoms with E-state index in [0.717, 1.165) is 28.4 Å². The summed E-state index contributed by atoms with van der Waals surface area (Å²) in [5.41, 5.74) is 20.6. The molecule has 0 saturated heterocycles. The molecule has 1 aromatic heterocycles. The number of nitrogens with zero attached hydrogens (tertiary/aromatic N) is 3. The van der Waals surface area contributed by atoms with Crippen LogP contribution in [0.2, 0.25) is 0 Å². The van der Waals surface area contributed by atoms with Crippen LogP contribution in [0.3, 0.4) is 0 Å². The fourth-order valence-electron chi connectivity index (χ4n) is 11.0. The minimum atomic E-state index is -0.129. The van der Waals surface area contributed by atoms with Crippen LogP contribution in [0.4, 0.5) is 34.1 Å². The molecule has 2 aliphatic rings. The van der Waals surface area contributed by atoms with Gasteiger partial charge in [-0.15, -0.1) is 0 Å². The summed E-state index contributed by atoms with van der Waals surface area (Å²) in [5.74, 6) is 0. The normalized spacial score (nSPS) is 13.2. The lowest BCUT2D eigenvalue weighted by Gasteiger charge is -2.34. The van der Waals surface area contributed by atoms with Crippen molar-refractivity contribution in [3.05, 3.63) is 236 Å². The van der Waals surface area contributed by atoms with E-state index in [-0.39, 0.29) is 5.41 Å². The van der Waals surface area contributed by atoms with E-state index in [9.17, 15) is 0 Å². The van der Waals surface area contributed by atoms with E-state index < -0.39 is 0 Å². The molecular weight excluding hydrogens is 775 g/mol. The quantitative estimate of drug-likeness (QED) is 0.166. The van der Waals surface area contributed by atoms with Crippen LogP contribution >= 0.6 is 0 Å². The first-order chi connectivity index (χ1) is 31.5. The zero-order valence-corrected chi connectivity index (χ0v) is 35.7. The van der Waals surface area contributed by atoms with Gasteiger partial charge >= 0.3 is 0 Å². The zero-order chi connectivity index (χ0) is 42.5. The Hall–Kier alpha value is -8.14. The molecular formula is C61H43N3. The topological polar surface area (TPSA) is 11.4 Å². The highest BCUT2D eigenvalue weighted by Gasteiger charge is 2.36. The molecule has 64 heavy (non-hydrogen) atoms. The third-order valence-electron chi connectivity index (χ3n) is 13.9. The molecule has 0 atom stereocenters. The molecule has 11 aromatic rings. The van der Waals surface area contributed by atoms with Gasteiger partial charge in [0.1, 0.15) is 0 Å². The second-order valence-corrected chi connectivity index (χ2v) is 17.7. The van der Waals surface area contributed by atoms with Gasteiger partial charge in [0.25, 0.3) is 0 Å². The zero-order valence-electron chi connectivity index (χ0n) is 35.7. The number of anilines is 6. The minimum absolute atomic E-state index is 0.129. The molecule has 2 heterocycles. The van der Waals surface area contributed by atoms with Gasteiger partial charge in [0.15, 0.2) is 0 Å². The van der Waals surface area contributed by atoms with Gasteiger partial charge < -0.3 is 14.4 Å². The lowest BCUT2D eigenvalue weighted by Crippen LogP contribution is -2.16. The molecule has 302 valence electrons. The summed E-state index contributed by atoms with van der Waals surface area (Å²) in [6, 6.07) is 82.6. The van der Waals surface area contributed by atoms with Gasteiger partial charge in [-0.3, -0.25) is 0 Å². The van der Waals surface area contributed by atoms with Crippen LogP contribution < -0.4 is 9.80 Å². The molecule has 3 nitrogen and oxygen atoms in total. The van der Waals surface area contributed by atoms with E-state index in [1.54, 1.807) is 0 Å². The van der Waals surface area contributed by atoms with Gasteiger partial charge in [-0.25, -0.2) is 0 Å². The summed E-state index contributed by atoms with van der Waals surface area (Å²) >= 11 is 0. The molecule has 0 radical (unpaired) electrons. The monoisotopic (exact) mass is 817 g/mol. The minimum Gasteiger partial charge on any atom is -0.310 e. The van der Waals surface area contributed by atoms with Gasteiger partial charge in [0.2, 0.25) is 0 Å². The predicted octanol–water partition coefficient (Wildman–Crippen LogP) is 16.8. The lowest BCUT2D eigenvalue weighted by atomic mass is 9.82. The van der Waals surface area contributed by atoms with E-state index >= 15 is 0 Å². The van der Waals surface area contributed by atoms with Crippen molar-refractivity contribution in [1.29, 1.82) is 0 Å². The predicted molar refractivity (Wildman–Crippen MR) is 270 cm³/mol. The highest BCUT2D eigenvalue weighted by Crippen LogP contribution is 2.53. The SMILES string of the molecule is CC1(C)c2ccccc2-c2ccc(N(c3ccc(-c4ccc5c6c(cccc46)N(c4ccccc4)c4ccccc4-5)cc3)c3ccc4c(c3)c3ccccc3n4-c3ccccc3)cc21. The average Bonchev–Trinajstić information content (AvgIpc) is 3.80. The van der Waals surface area contributed by atoms with Crippen molar-refractivity contribution < 1.29 is 0 Å². The molecule has 0 bridgehead atoms. The molecule has 0 unspecified atom stereocenters. The first kappa shape index (κ1) is 36.5. The van der Waals surface area contributed by atoms with Crippen LogP contribution in [0.1, 0.15) is 25.0 Å². The third kappa shape index (κ3) is 5.34. The Morgan fingerprint density at radius 3 is 1.77 bits per heavy atom. The number of benzene rings is 10. The summed E-state index contributed by atoms with van der Waals surface area (Å²) in [5, 5.41) is 4.98. The number of hydrogen-bond donors (Lipinski definition) is 0. The fourth-order valence-corrected chi connectivity index (χ4v) is 11.0. The Morgan fingerprint density at radius 1 is 0.359 bits per heavy atom. The van der Waals surface area contributed by atoms with Crippen molar-refractivity contribution in [2.24, 2.45) is 0 Å². The van der Waals surface area contributed by atoms with Crippen LogP contribution in [0, 0.1) is 0 Å². The number of fused-ring (bicyclic) bond motifs is 8. The van der Waals surface area contributed by atoms with Gasteiger partial charge in [-0.05, 0) is 129 Å². The van der Waals surface area contributed by atoms with E-state index in [0.29, 0.717) is 0 Å². The van der Waals surface area contributed by atoms with Gasteiger partial charge in [0.05, 0.1) is 22.4 Å². The molecule has 0 saturated carbocycles. The Bertz CT molecular complexity index is 3640. The maximum absolute atomic E-state index is 2.45. The van der Waals surface area contributed by atoms with Gasteiger partial charge in [0, 0.05) is 55.6 Å². The maximum Gasteiger partial charge on any atom is 0.0546 e. The van der Waals surface area contributed by atoms with Crippen LogP contribution in [-0.2, 0) is 5.41 Å². The molecule has 0 amide bonds. The highest BCUT2D eigenvalue weighted by atomic mass is 15.2.